The molecular formula is C20H27N5O4S. The van der Waals surface area contributed by atoms with Gasteiger partial charge in [0.25, 0.3) is 11.8 Å². The van der Waals surface area contributed by atoms with Gasteiger partial charge in [0.15, 0.2) is 0 Å². The summed E-state index contributed by atoms with van der Waals surface area (Å²) < 4.78 is 28.4. The van der Waals surface area contributed by atoms with E-state index in [-0.39, 0.29) is 29.2 Å². The van der Waals surface area contributed by atoms with Gasteiger partial charge >= 0.3 is 0 Å². The Kier molecular flexibility index (Phi) is 6.88. The lowest BCUT2D eigenvalue weighted by Gasteiger charge is -2.32. The van der Waals surface area contributed by atoms with E-state index < -0.39 is 10.0 Å². The zero-order valence-corrected chi connectivity index (χ0v) is 18.0. The first kappa shape index (κ1) is 22.0. The summed E-state index contributed by atoms with van der Waals surface area (Å²) in [4.78, 5) is 26.8. The minimum absolute atomic E-state index is 0.0863. The molecule has 0 atom stereocenters. The molecule has 0 unspecified atom stereocenters. The minimum Gasteiger partial charge on any atom is -0.352 e. The molecule has 2 aromatic rings. The molecule has 1 aromatic carbocycles. The quantitative estimate of drug-likeness (QED) is 0.676. The van der Waals surface area contributed by atoms with E-state index in [0.29, 0.717) is 30.8 Å². The molecule has 10 heteroatoms. The number of nitrogens with one attached hydrogen (secondary N) is 2. The number of hydrogen-bond acceptors (Lipinski definition) is 5. The highest BCUT2D eigenvalue weighted by molar-refractivity contribution is 7.89. The standard InChI is InChI=1S/C20H27N5O4S/c1-3-23-30(28,29)18-6-4-5-16(11-18)20(27)25-9-7-15(8-10-25)12-21-19(26)17-13-22-24(2)14-17/h4-6,11,13-15,23H,3,7-10,12H2,1-2H3,(H,21,26). The van der Waals surface area contributed by atoms with E-state index in [4.69, 9.17) is 0 Å². The lowest BCUT2D eigenvalue weighted by Crippen LogP contribution is -2.41. The lowest BCUT2D eigenvalue weighted by molar-refractivity contribution is 0.0684. The van der Waals surface area contributed by atoms with Crippen LogP contribution in [0.4, 0.5) is 0 Å². The van der Waals surface area contributed by atoms with Gasteiger partial charge in [-0.15, -0.1) is 0 Å². The van der Waals surface area contributed by atoms with Crippen molar-refractivity contribution in [3.8, 4) is 0 Å². The molecule has 2 amide bonds. The Morgan fingerprint density at radius 3 is 2.57 bits per heavy atom. The predicted molar refractivity (Wildman–Crippen MR) is 111 cm³/mol. The summed E-state index contributed by atoms with van der Waals surface area (Å²) in [6, 6.07) is 6.11. The van der Waals surface area contributed by atoms with E-state index >= 15 is 0 Å². The molecule has 9 nitrogen and oxygen atoms in total. The number of amides is 2. The van der Waals surface area contributed by atoms with Crippen LogP contribution >= 0.6 is 0 Å². The number of benzene rings is 1. The van der Waals surface area contributed by atoms with E-state index in [1.807, 2.05) is 0 Å². The number of piperidine rings is 1. The smallest absolute Gasteiger partial charge is 0.254 e. The minimum atomic E-state index is -3.61. The average Bonchev–Trinajstić information content (AvgIpc) is 3.18. The van der Waals surface area contributed by atoms with Crippen LogP contribution in [0.15, 0.2) is 41.6 Å². The van der Waals surface area contributed by atoms with Crippen molar-refractivity contribution in [3.05, 3.63) is 47.8 Å². The van der Waals surface area contributed by atoms with Gasteiger partial charge in [-0.05, 0) is 37.0 Å². The van der Waals surface area contributed by atoms with Crippen LogP contribution in [-0.4, -0.2) is 61.1 Å². The van der Waals surface area contributed by atoms with Crippen LogP contribution in [0.25, 0.3) is 0 Å². The number of aromatic nitrogens is 2. The molecule has 0 bridgehead atoms. The third-order valence-electron chi connectivity index (χ3n) is 5.15. The number of carbonyl (C=O) groups excluding carboxylic acids is 2. The molecule has 1 saturated heterocycles. The molecule has 30 heavy (non-hydrogen) atoms. The highest BCUT2D eigenvalue weighted by atomic mass is 32.2. The topological polar surface area (TPSA) is 113 Å². The molecule has 1 aromatic heterocycles. The van der Waals surface area contributed by atoms with Gasteiger partial charge in [0.2, 0.25) is 10.0 Å². The Balaban J connectivity index is 1.53. The highest BCUT2D eigenvalue weighted by Gasteiger charge is 2.25. The van der Waals surface area contributed by atoms with E-state index in [0.717, 1.165) is 12.8 Å². The number of carbonyl (C=O) groups is 2. The summed E-state index contributed by atoms with van der Waals surface area (Å²) in [7, 11) is -1.85. The van der Waals surface area contributed by atoms with Gasteiger partial charge in [0, 0.05) is 45.0 Å². The van der Waals surface area contributed by atoms with Gasteiger partial charge in [-0.3, -0.25) is 14.3 Å². The van der Waals surface area contributed by atoms with E-state index in [9.17, 15) is 18.0 Å². The molecule has 2 N–H and O–H groups in total. The van der Waals surface area contributed by atoms with Gasteiger partial charge in [-0.2, -0.15) is 5.10 Å². The lowest BCUT2D eigenvalue weighted by atomic mass is 9.96. The zero-order chi connectivity index (χ0) is 21.7. The zero-order valence-electron chi connectivity index (χ0n) is 17.2. The Morgan fingerprint density at radius 2 is 1.93 bits per heavy atom. The van der Waals surface area contributed by atoms with Crippen molar-refractivity contribution in [1.82, 2.24) is 24.7 Å². The second kappa shape index (κ2) is 9.40. The van der Waals surface area contributed by atoms with Crippen molar-refractivity contribution in [2.24, 2.45) is 13.0 Å². The van der Waals surface area contributed by atoms with Crippen LogP contribution in [0.1, 0.15) is 40.5 Å². The van der Waals surface area contributed by atoms with Gasteiger partial charge in [0.1, 0.15) is 0 Å². The molecule has 2 heterocycles. The van der Waals surface area contributed by atoms with Crippen molar-refractivity contribution in [1.29, 1.82) is 0 Å². The fourth-order valence-corrected chi connectivity index (χ4v) is 4.56. The van der Waals surface area contributed by atoms with E-state index in [1.54, 1.807) is 41.9 Å². The summed E-state index contributed by atoms with van der Waals surface area (Å²) in [5.74, 6) is -0.0446. The molecule has 3 rings (SSSR count). The first-order valence-corrected chi connectivity index (χ1v) is 11.4. The molecule has 0 spiro atoms. The average molecular weight is 434 g/mol. The van der Waals surface area contributed by atoms with Crippen LogP contribution in [-0.2, 0) is 17.1 Å². The first-order chi connectivity index (χ1) is 14.3. The largest absolute Gasteiger partial charge is 0.352 e. The summed E-state index contributed by atoms with van der Waals surface area (Å²) in [5, 5.41) is 6.92. The van der Waals surface area contributed by atoms with Crippen LogP contribution < -0.4 is 10.0 Å². The third-order valence-corrected chi connectivity index (χ3v) is 6.69. The number of aryl methyl sites for hydroxylation is 1. The Morgan fingerprint density at radius 1 is 1.20 bits per heavy atom. The van der Waals surface area contributed by atoms with Crippen molar-refractivity contribution < 1.29 is 18.0 Å². The molecule has 0 saturated carbocycles. The number of sulfonamides is 1. The summed E-state index contributed by atoms with van der Waals surface area (Å²) in [5.41, 5.74) is 0.884. The van der Waals surface area contributed by atoms with Gasteiger partial charge in [0.05, 0.1) is 16.7 Å². The van der Waals surface area contributed by atoms with Crippen LogP contribution in [0, 0.1) is 5.92 Å². The van der Waals surface area contributed by atoms with Crippen molar-refractivity contribution in [2.45, 2.75) is 24.7 Å². The van der Waals surface area contributed by atoms with E-state index in [2.05, 4.69) is 15.1 Å². The highest BCUT2D eigenvalue weighted by Crippen LogP contribution is 2.20. The molecule has 0 radical (unpaired) electrons. The Labute approximate surface area is 176 Å². The fraction of sp³-hybridized carbons (Fsp3) is 0.450. The Bertz CT molecular complexity index is 1010. The Hall–Kier alpha value is -2.72. The summed E-state index contributed by atoms with van der Waals surface area (Å²) >= 11 is 0. The van der Waals surface area contributed by atoms with Crippen molar-refractivity contribution in [2.75, 3.05) is 26.2 Å². The molecule has 162 valence electrons. The second-order valence-corrected chi connectivity index (χ2v) is 9.14. The SMILES string of the molecule is CCNS(=O)(=O)c1cccc(C(=O)N2CCC(CNC(=O)c3cnn(C)c3)CC2)c1. The predicted octanol–water partition coefficient (Wildman–Crippen LogP) is 1.00. The van der Waals surface area contributed by atoms with E-state index in [1.165, 1.54) is 18.3 Å². The van der Waals surface area contributed by atoms with Crippen LogP contribution in [0.2, 0.25) is 0 Å². The fourth-order valence-electron chi connectivity index (χ4n) is 3.47. The maximum atomic E-state index is 12.8. The summed E-state index contributed by atoms with van der Waals surface area (Å²) in [6.45, 7) is 3.67. The van der Waals surface area contributed by atoms with Crippen molar-refractivity contribution >= 4 is 21.8 Å². The van der Waals surface area contributed by atoms with Crippen LogP contribution in [0.5, 0.6) is 0 Å². The second-order valence-electron chi connectivity index (χ2n) is 7.38. The molecule has 1 aliphatic heterocycles. The number of rotatable bonds is 7. The maximum Gasteiger partial charge on any atom is 0.254 e. The number of hydrogen-bond donors (Lipinski definition) is 2. The number of likely N-dealkylation sites (tertiary alicyclic amines) is 1. The first-order valence-electron chi connectivity index (χ1n) is 9.96. The number of nitrogens with zero attached hydrogens (tertiary/aromatic N) is 3. The van der Waals surface area contributed by atoms with Gasteiger partial charge in [-0.1, -0.05) is 13.0 Å². The monoisotopic (exact) mass is 433 g/mol. The van der Waals surface area contributed by atoms with Crippen LogP contribution in [0.3, 0.4) is 0 Å². The summed E-state index contributed by atoms with van der Waals surface area (Å²) in [6.07, 6.45) is 4.74. The van der Waals surface area contributed by atoms with Gasteiger partial charge < -0.3 is 10.2 Å². The third kappa shape index (κ3) is 5.25. The molecular weight excluding hydrogens is 406 g/mol. The molecule has 0 aliphatic carbocycles. The molecule has 1 aliphatic rings. The molecule has 1 fully saturated rings. The van der Waals surface area contributed by atoms with Crippen molar-refractivity contribution in [3.63, 3.8) is 0 Å². The normalized spacial score (nSPS) is 15.2. The van der Waals surface area contributed by atoms with Gasteiger partial charge in [-0.25, -0.2) is 13.1 Å². The maximum absolute atomic E-state index is 12.8.